The summed E-state index contributed by atoms with van der Waals surface area (Å²) in [7, 11) is 0. The Morgan fingerprint density at radius 2 is 1.66 bits per heavy atom. The Bertz CT molecular complexity index is 947. The summed E-state index contributed by atoms with van der Waals surface area (Å²) >= 11 is 0. The second-order valence-corrected chi connectivity index (χ2v) is 8.61. The zero-order valence-electron chi connectivity index (χ0n) is 19.2. The lowest BCUT2D eigenvalue weighted by Gasteiger charge is -2.36. The number of nitrogens with one attached hydrogen (secondary N) is 2. The van der Waals surface area contributed by atoms with Gasteiger partial charge in [0.1, 0.15) is 6.04 Å². The van der Waals surface area contributed by atoms with Crippen molar-refractivity contribution in [3.63, 3.8) is 0 Å². The van der Waals surface area contributed by atoms with Gasteiger partial charge in [0.15, 0.2) is 0 Å². The Morgan fingerprint density at radius 1 is 0.969 bits per heavy atom. The van der Waals surface area contributed by atoms with Crippen LogP contribution in [0.4, 0.5) is 0 Å². The van der Waals surface area contributed by atoms with Crippen LogP contribution in [0.15, 0.2) is 48.5 Å². The van der Waals surface area contributed by atoms with E-state index in [1.54, 1.807) is 6.07 Å². The molecule has 1 aliphatic rings. The molecule has 170 valence electrons. The van der Waals surface area contributed by atoms with Crippen molar-refractivity contribution in [3.05, 3.63) is 70.8 Å². The summed E-state index contributed by atoms with van der Waals surface area (Å²) in [5.74, 6) is -0.415. The summed E-state index contributed by atoms with van der Waals surface area (Å²) in [5, 5.41) is 5.90. The summed E-state index contributed by atoms with van der Waals surface area (Å²) in [5.41, 5.74) is 3.34. The molecule has 3 amide bonds. The Hall–Kier alpha value is -3.15. The van der Waals surface area contributed by atoms with Crippen molar-refractivity contribution in [2.24, 2.45) is 5.92 Å². The fourth-order valence-corrected chi connectivity index (χ4v) is 4.08. The Labute approximate surface area is 190 Å². The van der Waals surface area contributed by atoms with Crippen LogP contribution in [-0.2, 0) is 4.79 Å². The van der Waals surface area contributed by atoms with E-state index in [9.17, 15) is 14.4 Å². The van der Waals surface area contributed by atoms with Crippen molar-refractivity contribution in [2.75, 3.05) is 19.6 Å². The molecule has 0 unspecified atom stereocenters. The number of piperidine rings is 1. The van der Waals surface area contributed by atoms with Gasteiger partial charge < -0.3 is 15.5 Å². The molecule has 1 aliphatic heterocycles. The van der Waals surface area contributed by atoms with Crippen LogP contribution < -0.4 is 10.6 Å². The fourth-order valence-electron chi connectivity index (χ4n) is 4.08. The van der Waals surface area contributed by atoms with E-state index in [-0.39, 0.29) is 23.6 Å². The molecule has 2 aromatic carbocycles. The highest BCUT2D eigenvalue weighted by atomic mass is 16.2. The van der Waals surface area contributed by atoms with Crippen LogP contribution in [0.25, 0.3) is 0 Å². The van der Waals surface area contributed by atoms with Gasteiger partial charge in [0.25, 0.3) is 11.8 Å². The summed E-state index contributed by atoms with van der Waals surface area (Å²) in [6, 6.07) is 14.3. The van der Waals surface area contributed by atoms with E-state index in [0.717, 1.165) is 17.5 Å². The molecular formula is C26H33N3O3. The van der Waals surface area contributed by atoms with Crippen molar-refractivity contribution in [1.29, 1.82) is 0 Å². The van der Waals surface area contributed by atoms with Gasteiger partial charge in [-0.1, -0.05) is 42.3 Å². The number of carbonyl (C=O) groups is 3. The summed E-state index contributed by atoms with van der Waals surface area (Å²) < 4.78 is 0. The summed E-state index contributed by atoms with van der Waals surface area (Å²) in [4.78, 5) is 40.4. The molecule has 0 aromatic heterocycles. The first kappa shape index (κ1) is 23.5. The van der Waals surface area contributed by atoms with Crippen LogP contribution in [0, 0.1) is 19.8 Å². The largest absolute Gasteiger partial charge is 0.354 e. The molecular weight excluding hydrogens is 402 g/mol. The minimum absolute atomic E-state index is 0.0132. The predicted octanol–water partition coefficient (Wildman–Crippen LogP) is 3.48. The molecule has 6 heteroatoms. The van der Waals surface area contributed by atoms with Gasteiger partial charge >= 0.3 is 0 Å². The van der Waals surface area contributed by atoms with Gasteiger partial charge in [0.05, 0.1) is 0 Å². The third kappa shape index (κ3) is 5.96. The molecule has 3 rings (SSSR count). The number of hydrogen-bond donors (Lipinski definition) is 2. The zero-order chi connectivity index (χ0) is 23.1. The van der Waals surface area contributed by atoms with Crippen LogP contribution >= 0.6 is 0 Å². The lowest BCUT2D eigenvalue weighted by Crippen LogP contribution is -2.54. The fraction of sp³-hybridized carbons (Fsp3) is 0.423. The molecule has 32 heavy (non-hydrogen) atoms. The molecule has 6 nitrogen and oxygen atoms in total. The van der Waals surface area contributed by atoms with Gasteiger partial charge in [-0.2, -0.15) is 0 Å². The Morgan fingerprint density at radius 3 is 2.28 bits per heavy atom. The molecule has 0 saturated carbocycles. The average molecular weight is 436 g/mol. The molecule has 1 heterocycles. The number of hydrogen-bond acceptors (Lipinski definition) is 3. The normalized spacial score (nSPS) is 15.2. The number of benzene rings is 2. The first-order chi connectivity index (χ1) is 15.4. The highest BCUT2D eigenvalue weighted by Gasteiger charge is 2.34. The van der Waals surface area contributed by atoms with E-state index >= 15 is 0 Å². The van der Waals surface area contributed by atoms with Crippen LogP contribution in [0.2, 0.25) is 0 Å². The van der Waals surface area contributed by atoms with Crippen LogP contribution in [-0.4, -0.2) is 48.3 Å². The maximum atomic E-state index is 12.9. The van der Waals surface area contributed by atoms with Gasteiger partial charge in [-0.25, -0.2) is 0 Å². The molecule has 2 N–H and O–H groups in total. The molecule has 0 radical (unpaired) electrons. The van der Waals surface area contributed by atoms with E-state index in [0.29, 0.717) is 43.6 Å². The smallest absolute Gasteiger partial charge is 0.253 e. The lowest BCUT2D eigenvalue weighted by molar-refractivity contribution is -0.124. The number of likely N-dealkylation sites (tertiary alicyclic amines) is 1. The first-order valence-corrected chi connectivity index (χ1v) is 11.4. The number of amides is 3. The van der Waals surface area contributed by atoms with E-state index < -0.39 is 6.04 Å². The highest BCUT2D eigenvalue weighted by Crippen LogP contribution is 2.23. The highest BCUT2D eigenvalue weighted by molar-refractivity contribution is 5.98. The topological polar surface area (TPSA) is 78.5 Å². The van der Waals surface area contributed by atoms with Crippen molar-refractivity contribution in [3.8, 4) is 0 Å². The second-order valence-electron chi connectivity index (χ2n) is 8.61. The molecule has 0 spiro atoms. The molecule has 1 atom stereocenters. The first-order valence-electron chi connectivity index (χ1n) is 11.4. The van der Waals surface area contributed by atoms with Crippen LogP contribution in [0.3, 0.4) is 0 Å². The molecule has 1 fully saturated rings. The van der Waals surface area contributed by atoms with Gasteiger partial charge in [-0.05, 0) is 63.3 Å². The van der Waals surface area contributed by atoms with Gasteiger partial charge in [0.2, 0.25) is 5.91 Å². The van der Waals surface area contributed by atoms with Crippen LogP contribution in [0.5, 0.6) is 0 Å². The third-order valence-corrected chi connectivity index (χ3v) is 6.00. The zero-order valence-corrected chi connectivity index (χ0v) is 19.2. The van der Waals surface area contributed by atoms with Gasteiger partial charge in [0, 0.05) is 30.8 Å². The standard InChI is InChI=1S/C26H33N3O3/c1-4-14-27-25(31)23(28-24(30)22-7-5-6-19(3)17-22)20-12-15-29(16-13-20)26(32)21-10-8-18(2)9-11-21/h5-11,17,20,23H,4,12-16H2,1-3H3,(H,27,31)(H,28,30)/t23-/m1/s1. The molecule has 0 bridgehead atoms. The van der Waals surface area contributed by atoms with Crippen molar-refractivity contribution >= 4 is 17.7 Å². The average Bonchev–Trinajstić information content (AvgIpc) is 2.81. The third-order valence-electron chi connectivity index (χ3n) is 6.00. The minimum Gasteiger partial charge on any atom is -0.354 e. The lowest BCUT2D eigenvalue weighted by atomic mass is 9.88. The van der Waals surface area contributed by atoms with E-state index in [1.807, 2.05) is 68.1 Å². The maximum absolute atomic E-state index is 12.9. The SMILES string of the molecule is CCCNC(=O)[C@H](NC(=O)c1cccc(C)c1)C1CCN(C(=O)c2ccc(C)cc2)CC1. The van der Waals surface area contributed by atoms with E-state index in [2.05, 4.69) is 10.6 Å². The van der Waals surface area contributed by atoms with Crippen molar-refractivity contribution in [1.82, 2.24) is 15.5 Å². The van der Waals surface area contributed by atoms with E-state index in [1.165, 1.54) is 0 Å². The molecule has 2 aromatic rings. The van der Waals surface area contributed by atoms with Crippen molar-refractivity contribution in [2.45, 2.75) is 46.1 Å². The second kappa shape index (κ2) is 10.9. The van der Waals surface area contributed by atoms with Crippen molar-refractivity contribution < 1.29 is 14.4 Å². The number of carbonyl (C=O) groups excluding carboxylic acids is 3. The quantitative estimate of drug-likeness (QED) is 0.699. The number of aryl methyl sites for hydroxylation is 2. The molecule has 0 aliphatic carbocycles. The Balaban J connectivity index is 1.67. The predicted molar refractivity (Wildman–Crippen MR) is 126 cm³/mol. The molecule has 1 saturated heterocycles. The van der Waals surface area contributed by atoms with E-state index in [4.69, 9.17) is 0 Å². The summed E-state index contributed by atoms with van der Waals surface area (Å²) in [6.45, 7) is 7.62. The number of nitrogens with zero attached hydrogens (tertiary/aromatic N) is 1. The van der Waals surface area contributed by atoms with Crippen LogP contribution in [0.1, 0.15) is 58.0 Å². The summed E-state index contributed by atoms with van der Waals surface area (Å²) in [6.07, 6.45) is 2.15. The Kier molecular flexibility index (Phi) is 8.03. The van der Waals surface area contributed by atoms with Gasteiger partial charge in [-0.15, -0.1) is 0 Å². The van der Waals surface area contributed by atoms with Gasteiger partial charge in [-0.3, -0.25) is 14.4 Å². The number of rotatable bonds is 7. The monoisotopic (exact) mass is 435 g/mol. The minimum atomic E-state index is -0.619. The maximum Gasteiger partial charge on any atom is 0.253 e.